The van der Waals surface area contributed by atoms with E-state index in [1.807, 2.05) is 30.3 Å². The van der Waals surface area contributed by atoms with Crippen LogP contribution in [-0.2, 0) is 0 Å². The molecule has 2 rings (SSSR count). The summed E-state index contributed by atoms with van der Waals surface area (Å²) in [4.78, 5) is 0. The second-order valence-corrected chi connectivity index (χ2v) is 4.68. The Balaban J connectivity index is 2.15. The van der Waals surface area contributed by atoms with Crippen LogP contribution in [0.1, 0.15) is 5.56 Å². The highest BCUT2D eigenvalue weighted by Crippen LogP contribution is 2.23. The zero-order valence-corrected chi connectivity index (χ0v) is 11.5. The van der Waals surface area contributed by atoms with Gasteiger partial charge < -0.3 is 0 Å². The number of hydrazone groups is 1. The van der Waals surface area contributed by atoms with Crippen LogP contribution in [0, 0.1) is 0 Å². The second-order valence-electron chi connectivity index (χ2n) is 3.51. The van der Waals surface area contributed by atoms with E-state index < -0.39 is 0 Å². The molecule has 0 spiro atoms. The van der Waals surface area contributed by atoms with Gasteiger partial charge in [0.05, 0.1) is 15.7 Å². The normalized spacial score (nSPS) is 11.4. The Labute approximate surface area is 120 Å². The number of para-hydroxylation sites is 1. The van der Waals surface area contributed by atoms with Crippen LogP contribution in [0.4, 0.5) is 5.69 Å². The first-order chi connectivity index (χ1) is 8.66. The Kier molecular flexibility index (Phi) is 4.48. The number of anilines is 1. The van der Waals surface area contributed by atoms with E-state index in [0.29, 0.717) is 20.8 Å². The first kappa shape index (κ1) is 13.2. The van der Waals surface area contributed by atoms with Crippen LogP contribution in [0.15, 0.2) is 53.6 Å². The number of nitrogens with zero attached hydrogens (tertiary/aromatic N) is 1. The molecule has 2 nitrogen and oxygen atoms in total. The Morgan fingerprint density at radius 1 is 0.944 bits per heavy atom. The molecule has 0 saturated heterocycles. The summed E-state index contributed by atoms with van der Waals surface area (Å²) >= 11 is 17.8. The second kappa shape index (κ2) is 6.10. The van der Waals surface area contributed by atoms with Gasteiger partial charge in [-0.2, -0.15) is 5.10 Å². The van der Waals surface area contributed by atoms with Crippen molar-refractivity contribution < 1.29 is 0 Å². The molecular formula is C13H9Cl3N2. The monoisotopic (exact) mass is 298 g/mol. The van der Waals surface area contributed by atoms with Crippen molar-refractivity contribution in [2.75, 3.05) is 5.43 Å². The van der Waals surface area contributed by atoms with Crippen LogP contribution in [-0.4, -0.2) is 5.17 Å². The van der Waals surface area contributed by atoms with Gasteiger partial charge in [-0.3, -0.25) is 5.43 Å². The largest absolute Gasteiger partial charge is 0.277 e. The molecule has 0 radical (unpaired) electrons. The quantitative estimate of drug-likeness (QED) is 0.625. The number of rotatable bonds is 3. The Morgan fingerprint density at radius 2 is 1.67 bits per heavy atom. The number of hydrogen-bond donors (Lipinski definition) is 1. The van der Waals surface area contributed by atoms with Crippen molar-refractivity contribution >= 4 is 45.7 Å². The summed E-state index contributed by atoms with van der Waals surface area (Å²) in [5, 5.41) is 5.32. The maximum atomic E-state index is 6.07. The topological polar surface area (TPSA) is 24.4 Å². The number of nitrogens with one attached hydrogen (secondary N) is 1. The molecule has 2 aromatic rings. The highest BCUT2D eigenvalue weighted by Gasteiger charge is 2.03. The maximum absolute atomic E-state index is 6.07. The third kappa shape index (κ3) is 3.39. The minimum atomic E-state index is 0.317. The third-order valence-corrected chi connectivity index (χ3v) is 3.26. The molecule has 0 atom stereocenters. The Morgan fingerprint density at radius 3 is 2.33 bits per heavy atom. The van der Waals surface area contributed by atoms with E-state index in [1.54, 1.807) is 18.2 Å². The van der Waals surface area contributed by atoms with Gasteiger partial charge in [-0.1, -0.05) is 59.1 Å². The standard InChI is InChI=1S/C13H9Cl3N2/c14-11-7-6-9(8-12(11)15)13(16)18-17-10-4-2-1-3-5-10/h1-8,17H/b18-13-. The molecule has 0 aliphatic heterocycles. The molecular weight excluding hydrogens is 291 g/mol. The van der Waals surface area contributed by atoms with Crippen molar-refractivity contribution in [2.45, 2.75) is 0 Å². The molecule has 0 saturated carbocycles. The molecule has 18 heavy (non-hydrogen) atoms. The van der Waals surface area contributed by atoms with Gasteiger partial charge in [-0.15, -0.1) is 0 Å². The van der Waals surface area contributed by atoms with Gasteiger partial charge >= 0.3 is 0 Å². The first-order valence-electron chi connectivity index (χ1n) is 5.16. The van der Waals surface area contributed by atoms with Crippen LogP contribution in [0.2, 0.25) is 10.0 Å². The van der Waals surface area contributed by atoms with Gasteiger partial charge in [0.1, 0.15) is 0 Å². The summed E-state index contributed by atoms with van der Waals surface area (Å²) in [6.45, 7) is 0. The summed E-state index contributed by atoms with van der Waals surface area (Å²) in [6, 6.07) is 14.6. The summed E-state index contributed by atoms with van der Waals surface area (Å²) in [5.41, 5.74) is 4.42. The van der Waals surface area contributed by atoms with E-state index in [9.17, 15) is 0 Å². The lowest BCUT2D eigenvalue weighted by atomic mass is 10.2. The van der Waals surface area contributed by atoms with Gasteiger partial charge in [-0.25, -0.2) is 0 Å². The zero-order chi connectivity index (χ0) is 13.0. The number of halogens is 3. The van der Waals surface area contributed by atoms with Crippen molar-refractivity contribution in [3.05, 3.63) is 64.1 Å². The zero-order valence-electron chi connectivity index (χ0n) is 9.20. The average Bonchev–Trinajstić information content (AvgIpc) is 2.40. The molecule has 2 aromatic carbocycles. The fourth-order valence-electron chi connectivity index (χ4n) is 1.32. The van der Waals surface area contributed by atoms with Crippen molar-refractivity contribution in [2.24, 2.45) is 5.10 Å². The fourth-order valence-corrected chi connectivity index (χ4v) is 1.77. The van der Waals surface area contributed by atoms with Crippen LogP contribution >= 0.6 is 34.8 Å². The van der Waals surface area contributed by atoms with Crippen molar-refractivity contribution in [3.8, 4) is 0 Å². The molecule has 92 valence electrons. The molecule has 0 aliphatic carbocycles. The number of benzene rings is 2. The summed E-state index contributed by atoms with van der Waals surface area (Å²) in [5.74, 6) is 0. The molecule has 5 heteroatoms. The highest BCUT2D eigenvalue weighted by molar-refractivity contribution is 6.69. The van der Waals surface area contributed by atoms with Gasteiger partial charge in [0.15, 0.2) is 5.17 Å². The van der Waals surface area contributed by atoms with Crippen molar-refractivity contribution in [3.63, 3.8) is 0 Å². The Hall–Kier alpha value is -1.22. The molecule has 0 aromatic heterocycles. The first-order valence-corrected chi connectivity index (χ1v) is 6.30. The smallest absolute Gasteiger partial charge is 0.156 e. The lowest BCUT2D eigenvalue weighted by Crippen LogP contribution is -1.97. The van der Waals surface area contributed by atoms with E-state index in [-0.39, 0.29) is 0 Å². The molecule has 0 heterocycles. The molecule has 1 N–H and O–H groups in total. The lowest BCUT2D eigenvalue weighted by molar-refractivity contribution is 1.34. The van der Waals surface area contributed by atoms with Gasteiger partial charge in [-0.05, 0) is 24.3 Å². The predicted molar refractivity (Wildman–Crippen MR) is 78.9 cm³/mol. The van der Waals surface area contributed by atoms with Gasteiger partial charge in [0.2, 0.25) is 0 Å². The molecule has 0 unspecified atom stereocenters. The van der Waals surface area contributed by atoms with E-state index in [4.69, 9.17) is 34.8 Å². The van der Waals surface area contributed by atoms with Crippen molar-refractivity contribution in [1.82, 2.24) is 0 Å². The average molecular weight is 300 g/mol. The Bertz CT molecular complexity index is 568. The van der Waals surface area contributed by atoms with Crippen LogP contribution in [0.5, 0.6) is 0 Å². The van der Waals surface area contributed by atoms with Gasteiger partial charge in [0, 0.05) is 5.56 Å². The third-order valence-electron chi connectivity index (χ3n) is 2.21. The minimum Gasteiger partial charge on any atom is -0.277 e. The van der Waals surface area contributed by atoms with E-state index >= 15 is 0 Å². The summed E-state index contributed by atoms with van der Waals surface area (Å²) in [6.07, 6.45) is 0. The summed E-state index contributed by atoms with van der Waals surface area (Å²) in [7, 11) is 0. The van der Waals surface area contributed by atoms with E-state index in [1.165, 1.54) is 0 Å². The van der Waals surface area contributed by atoms with Crippen LogP contribution in [0.3, 0.4) is 0 Å². The van der Waals surface area contributed by atoms with Crippen molar-refractivity contribution in [1.29, 1.82) is 0 Å². The predicted octanol–water partition coefficient (Wildman–Crippen LogP) is 5.01. The summed E-state index contributed by atoms with van der Waals surface area (Å²) < 4.78 is 0. The lowest BCUT2D eigenvalue weighted by Gasteiger charge is -2.03. The number of hydrogen-bond acceptors (Lipinski definition) is 2. The van der Waals surface area contributed by atoms with Crippen LogP contribution < -0.4 is 5.43 Å². The molecule has 0 amide bonds. The molecule has 0 fully saturated rings. The van der Waals surface area contributed by atoms with E-state index in [0.717, 1.165) is 5.69 Å². The highest BCUT2D eigenvalue weighted by atomic mass is 35.5. The van der Waals surface area contributed by atoms with E-state index in [2.05, 4.69) is 10.5 Å². The fraction of sp³-hybridized carbons (Fsp3) is 0. The molecule has 0 bridgehead atoms. The maximum Gasteiger partial charge on any atom is 0.156 e. The SMILES string of the molecule is Cl/C(=N\Nc1ccccc1)c1ccc(Cl)c(Cl)c1. The van der Waals surface area contributed by atoms with Crippen LogP contribution in [0.25, 0.3) is 0 Å². The van der Waals surface area contributed by atoms with Gasteiger partial charge in [0.25, 0.3) is 0 Å². The molecule has 0 aliphatic rings. The minimum absolute atomic E-state index is 0.317.